The largest absolute Gasteiger partial charge is 0.350 e. The first-order valence-electron chi connectivity index (χ1n) is 6.72. The molecule has 0 radical (unpaired) electrons. The Morgan fingerprint density at radius 2 is 1.65 bits per heavy atom. The van der Waals surface area contributed by atoms with Crippen molar-refractivity contribution in [3.05, 3.63) is 47.5 Å². The fourth-order valence-electron chi connectivity index (χ4n) is 1.66. The maximum Gasteiger partial charge on any atom is 0.258 e. The highest BCUT2D eigenvalue weighted by molar-refractivity contribution is 6.03. The fourth-order valence-corrected chi connectivity index (χ4v) is 1.66. The molecule has 0 saturated heterocycles. The summed E-state index contributed by atoms with van der Waals surface area (Å²) in [5.74, 6) is -4.86. The molecule has 122 valence electrons. The number of hydrogen-bond acceptors (Lipinski definition) is 4. The van der Waals surface area contributed by atoms with Crippen LogP contribution in [-0.4, -0.2) is 21.4 Å². The first kappa shape index (κ1) is 16.7. The summed E-state index contributed by atoms with van der Waals surface area (Å²) >= 11 is 0. The van der Waals surface area contributed by atoms with Crippen molar-refractivity contribution >= 4 is 17.5 Å². The first-order valence-corrected chi connectivity index (χ1v) is 6.72. The molecular weight excluding hydrogens is 309 g/mol. The summed E-state index contributed by atoms with van der Waals surface area (Å²) in [6.07, 6.45) is 2.49. The van der Waals surface area contributed by atoms with Gasteiger partial charge in [-0.15, -0.1) is 0 Å². The SMILES string of the molecule is CC(C)(C)Nc1ncc(C(=O)Nc2ccc(F)c(F)c2F)cn1. The molecular formula is C15H15F3N4O. The molecule has 0 fully saturated rings. The minimum Gasteiger partial charge on any atom is -0.350 e. The maximum atomic E-state index is 13.5. The van der Waals surface area contributed by atoms with Crippen LogP contribution in [0.25, 0.3) is 0 Å². The molecule has 0 saturated carbocycles. The molecule has 2 N–H and O–H groups in total. The summed E-state index contributed by atoms with van der Waals surface area (Å²) in [5, 5.41) is 5.16. The van der Waals surface area contributed by atoms with Gasteiger partial charge >= 0.3 is 0 Å². The van der Waals surface area contributed by atoms with Crippen LogP contribution in [0.2, 0.25) is 0 Å². The lowest BCUT2D eigenvalue weighted by molar-refractivity contribution is 0.102. The van der Waals surface area contributed by atoms with Crippen molar-refractivity contribution in [1.82, 2.24) is 9.97 Å². The Labute approximate surface area is 131 Å². The van der Waals surface area contributed by atoms with Crippen LogP contribution < -0.4 is 10.6 Å². The second-order valence-corrected chi connectivity index (χ2v) is 5.85. The number of halogens is 3. The van der Waals surface area contributed by atoms with Crippen molar-refractivity contribution < 1.29 is 18.0 Å². The molecule has 0 spiro atoms. The van der Waals surface area contributed by atoms with Crippen molar-refractivity contribution in [1.29, 1.82) is 0 Å². The Kier molecular flexibility index (Phi) is 4.53. The smallest absolute Gasteiger partial charge is 0.258 e. The lowest BCUT2D eigenvalue weighted by atomic mass is 10.1. The van der Waals surface area contributed by atoms with Gasteiger partial charge in [0.1, 0.15) is 0 Å². The lowest BCUT2D eigenvalue weighted by Crippen LogP contribution is -2.27. The normalized spacial score (nSPS) is 11.2. The van der Waals surface area contributed by atoms with Gasteiger partial charge in [-0.3, -0.25) is 4.79 Å². The van der Waals surface area contributed by atoms with Crippen molar-refractivity contribution in [3.63, 3.8) is 0 Å². The maximum absolute atomic E-state index is 13.5. The van der Waals surface area contributed by atoms with Crippen LogP contribution in [-0.2, 0) is 0 Å². The number of amides is 1. The molecule has 2 rings (SSSR count). The number of anilines is 2. The molecule has 0 atom stereocenters. The second kappa shape index (κ2) is 6.23. The van der Waals surface area contributed by atoms with E-state index in [4.69, 9.17) is 0 Å². The Morgan fingerprint density at radius 1 is 1.04 bits per heavy atom. The van der Waals surface area contributed by atoms with E-state index in [-0.39, 0.29) is 11.1 Å². The summed E-state index contributed by atoms with van der Waals surface area (Å²) in [5.41, 5.74) is -0.669. The van der Waals surface area contributed by atoms with Crippen molar-refractivity contribution in [3.8, 4) is 0 Å². The van der Waals surface area contributed by atoms with Gasteiger partial charge in [-0.25, -0.2) is 23.1 Å². The van der Waals surface area contributed by atoms with Crippen molar-refractivity contribution in [2.45, 2.75) is 26.3 Å². The number of hydrogen-bond donors (Lipinski definition) is 2. The third-order valence-corrected chi connectivity index (χ3v) is 2.68. The van der Waals surface area contributed by atoms with Crippen LogP contribution in [0.5, 0.6) is 0 Å². The predicted molar refractivity (Wildman–Crippen MR) is 79.7 cm³/mol. The van der Waals surface area contributed by atoms with Crippen LogP contribution in [0.3, 0.4) is 0 Å². The van der Waals surface area contributed by atoms with Crippen LogP contribution in [0, 0.1) is 17.5 Å². The standard InChI is InChI=1S/C15H15F3N4O/c1-15(2,3)22-14-19-6-8(7-20-14)13(23)21-10-5-4-9(16)11(17)12(10)18/h4-7H,1-3H3,(H,21,23)(H,19,20,22). The van der Waals surface area contributed by atoms with Crippen LogP contribution in [0.4, 0.5) is 24.8 Å². The molecule has 1 aromatic heterocycles. The molecule has 23 heavy (non-hydrogen) atoms. The number of aromatic nitrogens is 2. The molecule has 0 bridgehead atoms. The van der Waals surface area contributed by atoms with E-state index < -0.39 is 29.0 Å². The Bertz CT molecular complexity index is 727. The highest BCUT2D eigenvalue weighted by Crippen LogP contribution is 2.20. The number of carbonyl (C=O) groups excluding carboxylic acids is 1. The second-order valence-electron chi connectivity index (χ2n) is 5.85. The van der Waals surface area contributed by atoms with E-state index in [1.165, 1.54) is 12.4 Å². The Morgan fingerprint density at radius 3 is 2.22 bits per heavy atom. The number of rotatable bonds is 3. The minimum absolute atomic E-state index is 0.0496. The molecule has 5 nitrogen and oxygen atoms in total. The van der Waals surface area contributed by atoms with Crippen LogP contribution in [0.15, 0.2) is 24.5 Å². The third kappa shape index (κ3) is 4.18. The van der Waals surface area contributed by atoms with E-state index in [1.807, 2.05) is 20.8 Å². The Hall–Kier alpha value is -2.64. The van der Waals surface area contributed by atoms with E-state index >= 15 is 0 Å². The van der Waals surface area contributed by atoms with E-state index in [9.17, 15) is 18.0 Å². The molecule has 1 aromatic carbocycles. The number of nitrogens with zero attached hydrogens (tertiary/aromatic N) is 2. The van der Waals surface area contributed by atoms with Crippen molar-refractivity contribution in [2.24, 2.45) is 0 Å². The fraction of sp³-hybridized carbons (Fsp3) is 0.267. The van der Waals surface area contributed by atoms with Gasteiger partial charge in [-0.1, -0.05) is 0 Å². The summed E-state index contributed by atoms with van der Waals surface area (Å²) in [6, 6.07) is 1.66. The predicted octanol–water partition coefficient (Wildman–Crippen LogP) is 3.36. The lowest BCUT2D eigenvalue weighted by Gasteiger charge is -2.20. The summed E-state index contributed by atoms with van der Waals surface area (Å²) in [4.78, 5) is 19.9. The zero-order chi connectivity index (χ0) is 17.2. The molecule has 0 aliphatic rings. The number of nitrogens with one attached hydrogen (secondary N) is 2. The van der Waals surface area contributed by atoms with Crippen LogP contribution in [0.1, 0.15) is 31.1 Å². The highest BCUT2D eigenvalue weighted by atomic mass is 19.2. The molecule has 1 heterocycles. The molecule has 0 unspecified atom stereocenters. The van der Waals surface area contributed by atoms with Gasteiger partial charge in [-0.05, 0) is 32.9 Å². The highest BCUT2D eigenvalue weighted by Gasteiger charge is 2.17. The minimum atomic E-state index is -1.65. The average molecular weight is 324 g/mol. The van der Waals surface area contributed by atoms with Gasteiger partial charge in [0, 0.05) is 17.9 Å². The zero-order valence-corrected chi connectivity index (χ0v) is 12.7. The zero-order valence-electron chi connectivity index (χ0n) is 12.7. The van der Waals surface area contributed by atoms with E-state index in [0.29, 0.717) is 5.95 Å². The molecule has 2 aromatic rings. The quantitative estimate of drug-likeness (QED) is 0.850. The number of benzene rings is 1. The van der Waals surface area contributed by atoms with E-state index in [0.717, 1.165) is 12.1 Å². The van der Waals surface area contributed by atoms with Gasteiger partial charge in [0.2, 0.25) is 5.95 Å². The van der Waals surface area contributed by atoms with Gasteiger partial charge in [-0.2, -0.15) is 0 Å². The topological polar surface area (TPSA) is 66.9 Å². The molecule has 1 amide bonds. The number of carbonyl (C=O) groups is 1. The van der Waals surface area contributed by atoms with Gasteiger partial charge < -0.3 is 10.6 Å². The van der Waals surface area contributed by atoms with E-state index in [1.54, 1.807) is 0 Å². The van der Waals surface area contributed by atoms with Gasteiger partial charge in [0.15, 0.2) is 17.5 Å². The monoisotopic (exact) mass is 324 g/mol. The third-order valence-electron chi connectivity index (χ3n) is 2.68. The van der Waals surface area contributed by atoms with E-state index in [2.05, 4.69) is 20.6 Å². The summed E-state index contributed by atoms with van der Waals surface area (Å²) < 4.78 is 39.5. The molecule has 0 aliphatic carbocycles. The first-order chi connectivity index (χ1) is 10.7. The molecule has 8 heteroatoms. The van der Waals surface area contributed by atoms with Crippen molar-refractivity contribution in [2.75, 3.05) is 10.6 Å². The average Bonchev–Trinajstić information content (AvgIpc) is 2.47. The van der Waals surface area contributed by atoms with Gasteiger partial charge in [0.05, 0.1) is 11.3 Å². The van der Waals surface area contributed by atoms with Crippen LogP contribution >= 0.6 is 0 Å². The molecule has 0 aliphatic heterocycles. The summed E-state index contributed by atoms with van der Waals surface area (Å²) in [7, 11) is 0. The summed E-state index contributed by atoms with van der Waals surface area (Å²) in [6.45, 7) is 5.76. The van der Waals surface area contributed by atoms with Gasteiger partial charge in [0.25, 0.3) is 5.91 Å². The Balaban J connectivity index is 2.14.